The highest BCUT2D eigenvalue weighted by molar-refractivity contribution is 5.97. The predicted molar refractivity (Wildman–Crippen MR) is 90.9 cm³/mol. The van der Waals surface area contributed by atoms with E-state index in [2.05, 4.69) is 15.6 Å². The van der Waals surface area contributed by atoms with Crippen LogP contribution in [0.5, 0.6) is 0 Å². The molecule has 1 aliphatic heterocycles. The molecular weight excluding hydrogens is 340 g/mol. The van der Waals surface area contributed by atoms with Crippen molar-refractivity contribution < 1.29 is 14.5 Å². The maximum atomic E-state index is 12.9. The minimum absolute atomic E-state index is 0.0796. The Balaban J connectivity index is 1.94. The summed E-state index contributed by atoms with van der Waals surface area (Å²) in [6.07, 6.45) is 0.496. The molecule has 1 fully saturated rings. The highest BCUT2D eigenvalue weighted by Gasteiger charge is 2.34. The molecule has 2 heterocycles. The molecule has 0 spiro atoms. The summed E-state index contributed by atoms with van der Waals surface area (Å²) in [6, 6.07) is 5.38. The monoisotopic (exact) mass is 358 g/mol. The molecule has 1 unspecified atom stereocenters. The Morgan fingerprint density at radius 3 is 2.92 bits per heavy atom. The normalized spacial score (nSPS) is 17.1. The summed E-state index contributed by atoms with van der Waals surface area (Å²) in [4.78, 5) is 36.8. The lowest BCUT2D eigenvalue weighted by Gasteiger charge is -2.34. The number of rotatable bonds is 4. The molecule has 2 amide bonds. The summed E-state index contributed by atoms with van der Waals surface area (Å²) >= 11 is 0. The van der Waals surface area contributed by atoms with Gasteiger partial charge in [0.15, 0.2) is 5.69 Å². The SMILES string of the molecule is CCC1C(=O)NCCN1C(=O)c1nnn(-c2cccc([N+](=O)[O-])c2)c1C. The van der Waals surface area contributed by atoms with E-state index in [9.17, 15) is 19.7 Å². The number of carbonyl (C=O) groups is 2. The van der Waals surface area contributed by atoms with Crippen LogP contribution in [-0.2, 0) is 4.79 Å². The molecule has 10 heteroatoms. The van der Waals surface area contributed by atoms with E-state index in [1.165, 1.54) is 27.8 Å². The van der Waals surface area contributed by atoms with Crippen molar-refractivity contribution in [3.05, 3.63) is 45.8 Å². The van der Waals surface area contributed by atoms with E-state index in [4.69, 9.17) is 0 Å². The number of hydrogen-bond acceptors (Lipinski definition) is 6. The number of nitrogens with one attached hydrogen (secondary N) is 1. The first kappa shape index (κ1) is 17.5. The molecule has 26 heavy (non-hydrogen) atoms. The average molecular weight is 358 g/mol. The van der Waals surface area contributed by atoms with Gasteiger partial charge in [-0.1, -0.05) is 18.2 Å². The number of benzene rings is 1. The minimum Gasteiger partial charge on any atom is -0.353 e. The number of piperazine rings is 1. The zero-order chi connectivity index (χ0) is 18.8. The van der Waals surface area contributed by atoms with Gasteiger partial charge < -0.3 is 10.2 Å². The summed E-state index contributed by atoms with van der Waals surface area (Å²) in [5.41, 5.74) is 0.941. The van der Waals surface area contributed by atoms with Gasteiger partial charge in [-0.3, -0.25) is 19.7 Å². The maximum Gasteiger partial charge on any atom is 0.277 e. The number of nitro groups is 1. The van der Waals surface area contributed by atoms with Crippen molar-refractivity contribution >= 4 is 17.5 Å². The van der Waals surface area contributed by atoms with Crippen molar-refractivity contribution in [1.29, 1.82) is 0 Å². The van der Waals surface area contributed by atoms with Crippen LogP contribution in [0.1, 0.15) is 29.5 Å². The second-order valence-electron chi connectivity index (χ2n) is 5.93. The van der Waals surface area contributed by atoms with Crippen LogP contribution in [0.2, 0.25) is 0 Å². The summed E-state index contributed by atoms with van der Waals surface area (Å²) < 4.78 is 1.38. The number of carbonyl (C=O) groups excluding carboxylic acids is 2. The largest absolute Gasteiger partial charge is 0.353 e. The van der Waals surface area contributed by atoms with Crippen molar-refractivity contribution in [3.8, 4) is 5.69 Å². The number of nitrogens with zero attached hydrogens (tertiary/aromatic N) is 5. The van der Waals surface area contributed by atoms with E-state index in [0.717, 1.165) is 0 Å². The summed E-state index contributed by atoms with van der Waals surface area (Å²) in [5.74, 6) is -0.559. The fraction of sp³-hybridized carbons (Fsp3) is 0.375. The van der Waals surface area contributed by atoms with Crippen LogP contribution in [0.3, 0.4) is 0 Å². The lowest BCUT2D eigenvalue weighted by molar-refractivity contribution is -0.384. The van der Waals surface area contributed by atoms with Crippen molar-refractivity contribution in [3.63, 3.8) is 0 Å². The van der Waals surface area contributed by atoms with Crippen molar-refractivity contribution in [2.24, 2.45) is 0 Å². The molecule has 1 N–H and O–H groups in total. The van der Waals surface area contributed by atoms with E-state index in [0.29, 0.717) is 30.9 Å². The molecule has 10 nitrogen and oxygen atoms in total. The van der Waals surface area contributed by atoms with Gasteiger partial charge in [0.05, 0.1) is 16.3 Å². The van der Waals surface area contributed by atoms with Gasteiger partial charge in [0.2, 0.25) is 5.91 Å². The van der Waals surface area contributed by atoms with Crippen LogP contribution in [0.25, 0.3) is 5.69 Å². The molecule has 1 atom stereocenters. The van der Waals surface area contributed by atoms with Gasteiger partial charge in [-0.05, 0) is 19.4 Å². The van der Waals surface area contributed by atoms with Gasteiger partial charge >= 0.3 is 0 Å². The topological polar surface area (TPSA) is 123 Å². The van der Waals surface area contributed by atoms with E-state index in [-0.39, 0.29) is 23.2 Å². The molecule has 3 rings (SSSR count). The molecule has 0 aliphatic carbocycles. The molecule has 2 aromatic rings. The third-order valence-corrected chi connectivity index (χ3v) is 4.36. The standard InChI is InChI=1S/C16H18N6O4/c1-3-13-15(23)17-7-8-20(13)16(24)14-10(2)21(19-18-14)11-5-4-6-12(9-11)22(25)26/h4-6,9,13H,3,7-8H2,1-2H3,(H,17,23). The van der Waals surface area contributed by atoms with Gasteiger partial charge in [0.1, 0.15) is 6.04 Å². The first-order chi connectivity index (χ1) is 12.4. The number of nitro benzene ring substituents is 1. The molecule has 0 bridgehead atoms. The van der Waals surface area contributed by atoms with Crippen molar-refractivity contribution in [2.45, 2.75) is 26.3 Å². The van der Waals surface area contributed by atoms with Gasteiger partial charge in [-0.2, -0.15) is 0 Å². The van der Waals surface area contributed by atoms with Gasteiger partial charge in [-0.25, -0.2) is 4.68 Å². The second kappa shape index (κ2) is 6.90. The highest BCUT2D eigenvalue weighted by Crippen LogP contribution is 2.20. The Labute approximate surface area is 148 Å². The molecular formula is C16H18N6O4. The number of hydrogen-bond donors (Lipinski definition) is 1. The Kier molecular flexibility index (Phi) is 4.65. The molecule has 136 valence electrons. The molecule has 1 aromatic carbocycles. The van der Waals surface area contributed by atoms with Gasteiger partial charge in [0, 0.05) is 25.2 Å². The molecule has 1 aliphatic rings. The Bertz CT molecular complexity index is 877. The van der Waals surface area contributed by atoms with E-state index < -0.39 is 11.0 Å². The Morgan fingerprint density at radius 1 is 1.46 bits per heavy atom. The fourth-order valence-corrected chi connectivity index (χ4v) is 3.01. The summed E-state index contributed by atoms with van der Waals surface area (Å²) in [5, 5.41) is 21.6. The van der Waals surface area contributed by atoms with E-state index in [1.807, 2.05) is 6.92 Å². The molecule has 0 saturated carbocycles. The van der Waals surface area contributed by atoms with Crippen molar-refractivity contribution in [1.82, 2.24) is 25.2 Å². The van der Waals surface area contributed by atoms with Crippen LogP contribution in [-0.4, -0.2) is 55.8 Å². The third kappa shape index (κ3) is 3.01. The van der Waals surface area contributed by atoms with Crippen LogP contribution >= 0.6 is 0 Å². The fourth-order valence-electron chi connectivity index (χ4n) is 3.01. The first-order valence-corrected chi connectivity index (χ1v) is 8.19. The summed E-state index contributed by atoms with van der Waals surface area (Å²) in [7, 11) is 0. The maximum absolute atomic E-state index is 12.9. The first-order valence-electron chi connectivity index (χ1n) is 8.19. The average Bonchev–Trinajstić information content (AvgIpc) is 3.02. The van der Waals surface area contributed by atoms with Crippen LogP contribution in [0, 0.1) is 17.0 Å². The molecule has 1 saturated heterocycles. The zero-order valence-corrected chi connectivity index (χ0v) is 14.4. The Morgan fingerprint density at radius 2 is 2.23 bits per heavy atom. The van der Waals surface area contributed by atoms with Crippen LogP contribution in [0.4, 0.5) is 5.69 Å². The van der Waals surface area contributed by atoms with Gasteiger partial charge in [0.25, 0.3) is 11.6 Å². The number of non-ortho nitro benzene ring substituents is 1. The van der Waals surface area contributed by atoms with E-state index >= 15 is 0 Å². The summed E-state index contributed by atoms with van der Waals surface area (Å²) in [6.45, 7) is 4.28. The predicted octanol–water partition coefficient (Wildman–Crippen LogP) is 0.835. The quantitative estimate of drug-likeness (QED) is 0.638. The zero-order valence-electron chi connectivity index (χ0n) is 14.4. The molecule has 0 radical (unpaired) electrons. The lowest BCUT2D eigenvalue weighted by atomic mass is 10.1. The smallest absolute Gasteiger partial charge is 0.277 e. The van der Waals surface area contributed by atoms with E-state index in [1.54, 1.807) is 13.0 Å². The number of aromatic nitrogens is 3. The van der Waals surface area contributed by atoms with Crippen molar-refractivity contribution in [2.75, 3.05) is 13.1 Å². The molecule has 1 aromatic heterocycles. The van der Waals surface area contributed by atoms with Crippen LogP contribution in [0.15, 0.2) is 24.3 Å². The van der Waals surface area contributed by atoms with Crippen LogP contribution < -0.4 is 5.32 Å². The highest BCUT2D eigenvalue weighted by atomic mass is 16.6. The second-order valence-corrected chi connectivity index (χ2v) is 5.93. The number of amides is 2. The third-order valence-electron chi connectivity index (χ3n) is 4.36. The lowest BCUT2D eigenvalue weighted by Crippen LogP contribution is -2.57. The minimum atomic E-state index is -0.543. The Hall–Kier alpha value is -3.30. The van der Waals surface area contributed by atoms with Gasteiger partial charge in [-0.15, -0.1) is 5.10 Å².